The monoisotopic (exact) mass is 238 g/mol. The van der Waals surface area contributed by atoms with Gasteiger partial charge in [-0.15, -0.1) is 0 Å². The number of benzene rings is 1. The van der Waals surface area contributed by atoms with Crippen LogP contribution in [0.2, 0.25) is 0 Å². The molecule has 2 N–H and O–H groups in total. The molecule has 94 valence electrons. The van der Waals surface area contributed by atoms with Crippen molar-refractivity contribution < 1.29 is 14.3 Å². The number of urea groups is 1. The fourth-order valence-electron chi connectivity index (χ4n) is 1.15. The molecule has 5 nitrogen and oxygen atoms in total. The van der Waals surface area contributed by atoms with Crippen LogP contribution in [0.4, 0.5) is 4.79 Å². The second-order valence-corrected chi connectivity index (χ2v) is 3.53. The molecule has 1 aromatic carbocycles. The molecule has 2 amide bonds. The van der Waals surface area contributed by atoms with E-state index in [0.717, 1.165) is 5.75 Å². The van der Waals surface area contributed by atoms with Gasteiger partial charge in [0.1, 0.15) is 5.75 Å². The Morgan fingerprint density at radius 1 is 1.24 bits per heavy atom. The van der Waals surface area contributed by atoms with Gasteiger partial charge < -0.3 is 20.1 Å². The standard InChI is InChI=1S/C12H18N2O3/c1-10-3-5-11(6-4-10)17-9-14-12(15)13-7-8-16-2/h3-6H,7-9H2,1-2H3,(H2,13,14,15). The number of carbonyl (C=O) groups is 1. The average molecular weight is 238 g/mol. The summed E-state index contributed by atoms with van der Waals surface area (Å²) in [7, 11) is 1.58. The zero-order valence-electron chi connectivity index (χ0n) is 10.2. The maximum atomic E-state index is 11.2. The minimum atomic E-state index is -0.269. The Hall–Kier alpha value is -1.75. The second kappa shape index (κ2) is 7.51. The fraction of sp³-hybridized carbons (Fsp3) is 0.417. The van der Waals surface area contributed by atoms with E-state index in [1.165, 1.54) is 5.56 Å². The first-order valence-corrected chi connectivity index (χ1v) is 5.42. The molecule has 1 aromatic rings. The molecule has 0 aromatic heterocycles. The lowest BCUT2D eigenvalue weighted by molar-refractivity contribution is 0.192. The molecule has 0 saturated carbocycles. The molecule has 5 heteroatoms. The maximum Gasteiger partial charge on any atom is 0.317 e. The Labute approximate surface area is 101 Å². The number of aryl methyl sites for hydroxylation is 1. The van der Waals surface area contributed by atoms with Gasteiger partial charge in [0.2, 0.25) is 0 Å². The third kappa shape index (κ3) is 5.77. The fourth-order valence-corrected chi connectivity index (χ4v) is 1.15. The van der Waals surface area contributed by atoms with Gasteiger partial charge >= 0.3 is 6.03 Å². The van der Waals surface area contributed by atoms with Crippen molar-refractivity contribution in [2.24, 2.45) is 0 Å². The third-order valence-corrected chi connectivity index (χ3v) is 2.08. The molecule has 0 radical (unpaired) electrons. The minimum absolute atomic E-state index is 0.141. The van der Waals surface area contributed by atoms with E-state index in [4.69, 9.17) is 9.47 Å². The lowest BCUT2D eigenvalue weighted by Crippen LogP contribution is -2.39. The summed E-state index contributed by atoms with van der Waals surface area (Å²) in [6.07, 6.45) is 0. The second-order valence-electron chi connectivity index (χ2n) is 3.53. The van der Waals surface area contributed by atoms with Crippen LogP contribution >= 0.6 is 0 Å². The van der Waals surface area contributed by atoms with Crippen molar-refractivity contribution in [1.29, 1.82) is 0 Å². The molecule has 0 unspecified atom stereocenters. The number of nitrogens with one attached hydrogen (secondary N) is 2. The average Bonchev–Trinajstić information content (AvgIpc) is 2.32. The van der Waals surface area contributed by atoms with E-state index in [1.807, 2.05) is 31.2 Å². The summed E-state index contributed by atoms with van der Waals surface area (Å²) in [6, 6.07) is 7.36. The van der Waals surface area contributed by atoms with Crippen molar-refractivity contribution in [3.8, 4) is 5.75 Å². The Kier molecular flexibility index (Phi) is 5.88. The number of amides is 2. The van der Waals surface area contributed by atoms with Crippen molar-refractivity contribution in [3.63, 3.8) is 0 Å². The van der Waals surface area contributed by atoms with Gasteiger partial charge in [-0.1, -0.05) is 17.7 Å². The van der Waals surface area contributed by atoms with Gasteiger partial charge in [0.05, 0.1) is 6.61 Å². The van der Waals surface area contributed by atoms with Crippen LogP contribution in [0.15, 0.2) is 24.3 Å². The van der Waals surface area contributed by atoms with Crippen LogP contribution in [-0.2, 0) is 4.74 Å². The number of rotatable bonds is 6. The first kappa shape index (κ1) is 13.3. The van der Waals surface area contributed by atoms with Crippen LogP contribution in [0.3, 0.4) is 0 Å². The molecule has 0 aliphatic rings. The van der Waals surface area contributed by atoms with Gasteiger partial charge in [-0.2, -0.15) is 0 Å². The Bertz CT molecular complexity index is 338. The zero-order valence-corrected chi connectivity index (χ0v) is 10.2. The molecule has 0 saturated heterocycles. The van der Waals surface area contributed by atoms with Crippen molar-refractivity contribution >= 4 is 6.03 Å². The van der Waals surface area contributed by atoms with Crippen LogP contribution in [-0.4, -0.2) is 33.0 Å². The van der Waals surface area contributed by atoms with E-state index in [0.29, 0.717) is 13.2 Å². The highest BCUT2D eigenvalue weighted by Gasteiger charge is 1.98. The molecule has 0 fully saturated rings. The summed E-state index contributed by atoms with van der Waals surface area (Å²) < 4.78 is 10.1. The van der Waals surface area contributed by atoms with Crippen molar-refractivity contribution in [1.82, 2.24) is 10.6 Å². The van der Waals surface area contributed by atoms with Crippen molar-refractivity contribution in [2.75, 3.05) is 27.0 Å². The molecule has 1 rings (SSSR count). The summed E-state index contributed by atoms with van der Waals surface area (Å²) in [5.74, 6) is 0.729. The van der Waals surface area contributed by atoms with Crippen LogP contribution in [0.25, 0.3) is 0 Å². The molecule has 0 atom stereocenters. The lowest BCUT2D eigenvalue weighted by Gasteiger charge is -2.09. The highest BCUT2D eigenvalue weighted by molar-refractivity contribution is 5.73. The summed E-state index contributed by atoms with van der Waals surface area (Å²) in [5.41, 5.74) is 1.17. The van der Waals surface area contributed by atoms with Gasteiger partial charge in [-0.3, -0.25) is 0 Å². The first-order valence-electron chi connectivity index (χ1n) is 5.42. The third-order valence-electron chi connectivity index (χ3n) is 2.08. The molecule has 0 heterocycles. The van der Waals surface area contributed by atoms with Gasteiger partial charge in [0.25, 0.3) is 0 Å². The Morgan fingerprint density at radius 3 is 2.59 bits per heavy atom. The lowest BCUT2D eigenvalue weighted by atomic mass is 10.2. The zero-order chi connectivity index (χ0) is 12.5. The number of hydrogen-bond acceptors (Lipinski definition) is 3. The van der Waals surface area contributed by atoms with Crippen molar-refractivity contribution in [2.45, 2.75) is 6.92 Å². The normalized spacial score (nSPS) is 9.76. The number of methoxy groups -OCH3 is 1. The van der Waals surface area contributed by atoms with Crippen LogP contribution < -0.4 is 15.4 Å². The van der Waals surface area contributed by atoms with Gasteiger partial charge in [-0.05, 0) is 19.1 Å². The topological polar surface area (TPSA) is 59.6 Å². The number of ether oxygens (including phenoxy) is 2. The molecule has 0 aliphatic carbocycles. The number of hydrogen-bond donors (Lipinski definition) is 2. The van der Waals surface area contributed by atoms with E-state index in [1.54, 1.807) is 7.11 Å². The van der Waals surface area contributed by atoms with E-state index in [-0.39, 0.29) is 12.8 Å². The van der Waals surface area contributed by atoms with Crippen LogP contribution in [0.1, 0.15) is 5.56 Å². The molecular formula is C12H18N2O3. The van der Waals surface area contributed by atoms with E-state index in [9.17, 15) is 4.79 Å². The van der Waals surface area contributed by atoms with Crippen molar-refractivity contribution in [3.05, 3.63) is 29.8 Å². The molecule has 0 aliphatic heterocycles. The molecule has 0 spiro atoms. The highest BCUT2D eigenvalue weighted by Crippen LogP contribution is 2.10. The Balaban J connectivity index is 2.14. The largest absolute Gasteiger partial charge is 0.473 e. The summed E-state index contributed by atoms with van der Waals surface area (Å²) in [4.78, 5) is 11.2. The van der Waals surface area contributed by atoms with E-state index >= 15 is 0 Å². The number of carbonyl (C=O) groups excluding carboxylic acids is 1. The minimum Gasteiger partial charge on any atom is -0.473 e. The Morgan fingerprint density at radius 2 is 1.94 bits per heavy atom. The van der Waals surface area contributed by atoms with Gasteiger partial charge in [0, 0.05) is 13.7 Å². The molecular weight excluding hydrogens is 220 g/mol. The smallest absolute Gasteiger partial charge is 0.317 e. The first-order chi connectivity index (χ1) is 8.22. The maximum absolute atomic E-state index is 11.2. The predicted octanol–water partition coefficient (Wildman–Crippen LogP) is 1.28. The quantitative estimate of drug-likeness (QED) is 0.579. The SMILES string of the molecule is COCCNC(=O)NCOc1ccc(C)cc1. The van der Waals surface area contributed by atoms with Crippen LogP contribution in [0.5, 0.6) is 5.75 Å². The summed E-state index contributed by atoms with van der Waals surface area (Å²) in [6.45, 7) is 3.12. The summed E-state index contributed by atoms with van der Waals surface area (Å²) in [5, 5.41) is 5.20. The van der Waals surface area contributed by atoms with E-state index < -0.39 is 0 Å². The predicted molar refractivity (Wildman–Crippen MR) is 65.1 cm³/mol. The van der Waals surface area contributed by atoms with E-state index in [2.05, 4.69) is 10.6 Å². The highest BCUT2D eigenvalue weighted by atomic mass is 16.5. The molecule has 0 bridgehead atoms. The van der Waals surface area contributed by atoms with Gasteiger partial charge in [0.15, 0.2) is 6.73 Å². The van der Waals surface area contributed by atoms with Gasteiger partial charge in [-0.25, -0.2) is 4.79 Å². The molecule has 17 heavy (non-hydrogen) atoms. The summed E-state index contributed by atoms with van der Waals surface area (Å²) >= 11 is 0. The van der Waals surface area contributed by atoms with Crippen LogP contribution in [0, 0.1) is 6.92 Å².